The van der Waals surface area contributed by atoms with E-state index in [-0.39, 0.29) is 5.91 Å². The van der Waals surface area contributed by atoms with Crippen LogP contribution in [0.5, 0.6) is 0 Å². The van der Waals surface area contributed by atoms with Gasteiger partial charge in [0, 0.05) is 64.2 Å². The minimum Gasteiger partial charge on any atom is -0.363 e. The van der Waals surface area contributed by atoms with Crippen LogP contribution in [-0.2, 0) is 11.3 Å². The molecule has 3 heterocycles. The molecule has 6 heteroatoms. The molecule has 0 N–H and O–H groups in total. The minimum absolute atomic E-state index is 0.224. The highest BCUT2D eigenvalue weighted by molar-refractivity contribution is 5.76. The predicted octanol–water partition coefficient (Wildman–Crippen LogP) is 2.45. The zero-order valence-electron chi connectivity index (χ0n) is 15.4. The number of carbonyl (C=O) groups excluding carboxylic acids is 1. The van der Waals surface area contributed by atoms with Gasteiger partial charge in [0.2, 0.25) is 5.91 Å². The molecule has 2 aromatic rings. The van der Waals surface area contributed by atoms with Crippen LogP contribution in [0.15, 0.2) is 30.6 Å². The summed E-state index contributed by atoms with van der Waals surface area (Å²) in [4.78, 5) is 21.0. The molecule has 1 aliphatic rings. The van der Waals surface area contributed by atoms with E-state index in [0.29, 0.717) is 18.9 Å². The van der Waals surface area contributed by atoms with Gasteiger partial charge in [-0.3, -0.25) is 9.48 Å². The van der Waals surface area contributed by atoms with Crippen molar-refractivity contribution in [2.75, 3.05) is 32.1 Å². The summed E-state index contributed by atoms with van der Waals surface area (Å²) in [7, 11) is 4.00. The van der Waals surface area contributed by atoms with Gasteiger partial charge in [-0.05, 0) is 43.5 Å². The Morgan fingerprint density at radius 2 is 2.16 bits per heavy atom. The van der Waals surface area contributed by atoms with Gasteiger partial charge in [0.05, 0.1) is 0 Å². The summed E-state index contributed by atoms with van der Waals surface area (Å²) < 4.78 is 1.89. The Morgan fingerprint density at radius 3 is 2.88 bits per heavy atom. The van der Waals surface area contributed by atoms with E-state index in [1.54, 1.807) is 6.20 Å². The summed E-state index contributed by atoms with van der Waals surface area (Å²) in [5.74, 6) is 1.59. The van der Waals surface area contributed by atoms with Crippen molar-refractivity contribution in [3.63, 3.8) is 0 Å². The second-order valence-corrected chi connectivity index (χ2v) is 6.97. The number of aryl methyl sites for hydroxylation is 2. The summed E-state index contributed by atoms with van der Waals surface area (Å²) in [5.41, 5.74) is 2.37. The largest absolute Gasteiger partial charge is 0.363 e. The van der Waals surface area contributed by atoms with Crippen LogP contribution in [0.1, 0.15) is 36.4 Å². The molecular formula is C19H27N5O. The van der Waals surface area contributed by atoms with Crippen LogP contribution in [-0.4, -0.2) is 52.8 Å². The Bertz CT molecular complexity index is 724. The Kier molecular flexibility index (Phi) is 5.36. The van der Waals surface area contributed by atoms with Crippen molar-refractivity contribution in [1.29, 1.82) is 0 Å². The van der Waals surface area contributed by atoms with Crippen LogP contribution in [0.3, 0.4) is 0 Å². The maximum absolute atomic E-state index is 12.6. The molecule has 0 radical (unpaired) electrons. The molecule has 0 unspecified atom stereocenters. The van der Waals surface area contributed by atoms with Crippen LogP contribution in [0.4, 0.5) is 5.82 Å². The topological polar surface area (TPSA) is 54.3 Å². The number of pyridine rings is 1. The van der Waals surface area contributed by atoms with Crippen molar-refractivity contribution in [1.82, 2.24) is 19.7 Å². The van der Waals surface area contributed by atoms with Crippen molar-refractivity contribution >= 4 is 11.7 Å². The number of anilines is 1. The average Bonchev–Trinajstić information content (AvgIpc) is 3.05. The van der Waals surface area contributed by atoms with Crippen molar-refractivity contribution in [2.24, 2.45) is 0 Å². The van der Waals surface area contributed by atoms with Crippen molar-refractivity contribution < 1.29 is 4.79 Å². The molecule has 0 aromatic carbocycles. The normalized spacial score (nSPS) is 17.6. The zero-order chi connectivity index (χ0) is 17.8. The van der Waals surface area contributed by atoms with Gasteiger partial charge in [-0.25, -0.2) is 4.98 Å². The fourth-order valence-electron chi connectivity index (χ4n) is 3.40. The Labute approximate surface area is 149 Å². The van der Waals surface area contributed by atoms with Crippen molar-refractivity contribution in [2.45, 2.75) is 38.6 Å². The molecule has 1 fully saturated rings. The van der Waals surface area contributed by atoms with Crippen LogP contribution in [0, 0.1) is 6.92 Å². The first-order chi connectivity index (χ1) is 12.0. The van der Waals surface area contributed by atoms with E-state index >= 15 is 0 Å². The highest BCUT2D eigenvalue weighted by atomic mass is 16.2. The summed E-state index contributed by atoms with van der Waals surface area (Å²) >= 11 is 0. The summed E-state index contributed by atoms with van der Waals surface area (Å²) in [5, 5.41) is 4.26. The predicted molar refractivity (Wildman–Crippen MR) is 98.7 cm³/mol. The van der Waals surface area contributed by atoms with E-state index in [0.717, 1.165) is 37.4 Å². The molecule has 0 spiro atoms. The van der Waals surface area contributed by atoms with Gasteiger partial charge in [0.1, 0.15) is 5.82 Å². The van der Waals surface area contributed by atoms with E-state index in [1.807, 2.05) is 47.8 Å². The second kappa shape index (κ2) is 7.68. The van der Waals surface area contributed by atoms with Crippen LogP contribution in [0.2, 0.25) is 0 Å². The first kappa shape index (κ1) is 17.5. The lowest BCUT2D eigenvalue weighted by Crippen LogP contribution is -2.39. The molecule has 0 saturated carbocycles. The van der Waals surface area contributed by atoms with E-state index in [4.69, 9.17) is 0 Å². The number of rotatable bonds is 5. The summed E-state index contributed by atoms with van der Waals surface area (Å²) in [6.45, 7) is 4.33. The van der Waals surface area contributed by atoms with Crippen molar-refractivity contribution in [3.05, 3.63) is 41.9 Å². The smallest absolute Gasteiger partial charge is 0.224 e. The lowest BCUT2D eigenvalue weighted by Gasteiger charge is -2.33. The number of nitrogens with zero attached hydrogens (tertiary/aromatic N) is 5. The quantitative estimate of drug-likeness (QED) is 0.838. The zero-order valence-corrected chi connectivity index (χ0v) is 15.4. The third-order valence-electron chi connectivity index (χ3n) is 4.94. The molecule has 1 atom stereocenters. The van der Waals surface area contributed by atoms with Crippen LogP contribution in [0.25, 0.3) is 0 Å². The highest BCUT2D eigenvalue weighted by Crippen LogP contribution is 2.28. The molecule has 1 aliphatic heterocycles. The summed E-state index contributed by atoms with van der Waals surface area (Å²) in [6.07, 6.45) is 6.33. The van der Waals surface area contributed by atoms with Gasteiger partial charge in [0.15, 0.2) is 0 Å². The molecule has 0 aliphatic carbocycles. The first-order valence-electron chi connectivity index (χ1n) is 8.94. The monoisotopic (exact) mass is 341 g/mol. The molecule has 25 heavy (non-hydrogen) atoms. The number of likely N-dealkylation sites (tertiary alicyclic amines) is 1. The molecular weight excluding hydrogens is 314 g/mol. The van der Waals surface area contributed by atoms with E-state index < -0.39 is 0 Å². The van der Waals surface area contributed by atoms with Gasteiger partial charge in [-0.2, -0.15) is 5.10 Å². The molecule has 1 saturated heterocycles. The standard InChI is InChI=1S/C19H27N5O/c1-15-6-10-21-24(15)12-8-19(25)23-11-4-5-17(14-23)16-7-9-20-18(13-16)22(2)3/h6-7,9-10,13,17H,4-5,8,11-12,14H2,1-3H3/t17-/m0/s1. The second-order valence-electron chi connectivity index (χ2n) is 6.97. The van der Waals surface area contributed by atoms with Crippen LogP contribution >= 0.6 is 0 Å². The number of hydrogen-bond donors (Lipinski definition) is 0. The van der Waals surface area contributed by atoms with Gasteiger partial charge in [-0.15, -0.1) is 0 Å². The minimum atomic E-state index is 0.224. The Morgan fingerprint density at radius 1 is 1.32 bits per heavy atom. The Hall–Kier alpha value is -2.37. The first-order valence-corrected chi connectivity index (χ1v) is 8.94. The number of aromatic nitrogens is 3. The van der Waals surface area contributed by atoms with Gasteiger partial charge < -0.3 is 9.80 Å². The van der Waals surface area contributed by atoms with E-state index in [2.05, 4.69) is 22.2 Å². The molecule has 0 bridgehead atoms. The van der Waals surface area contributed by atoms with E-state index in [1.165, 1.54) is 5.56 Å². The third-order valence-corrected chi connectivity index (χ3v) is 4.94. The molecule has 134 valence electrons. The highest BCUT2D eigenvalue weighted by Gasteiger charge is 2.25. The maximum Gasteiger partial charge on any atom is 0.224 e. The molecule has 6 nitrogen and oxygen atoms in total. The third kappa shape index (κ3) is 4.18. The lowest BCUT2D eigenvalue weighted by molar-refractivity contribution is -0.132. The maximum atomic E-state index is 12.6. The number of hydrogen-bond acceptors (Lipinski definition) is 4. The SMILES string of the molecule is Cc1ccnn1CCC(=O)N1CCC[C@H](c2ccnc(N(C)C)c2)C1. The summed E-state index contributed by atoms with van der Waals surface area (Å²) in [6, 6.07) is 6.19. The average molecular weight is 341 g/mol. The lowest BCUT2D eigenvalue weighted by atomic mass is 9.91. The van der Waals surface area contributed by atoms with Gasteiger partial charge >= 0.3 is 0 Å². The van der Waals surface area contributed by atoms with Gasteiger partial charge in [0.25, 0.3) is 0 Å². The van der Waals surface area contributed by atoms with Gasteiger partial charge in [-0.1, -0.05) is 0 Å². The number of amides is 1. The Balaban J connectivity index is 1.61. The number of piperidine rings is 1. The van der Waals surface area contributed by atoms with Crippen LogP contribution < -0.4 is 4.90 Å². The molecule has 1 amide bonds. The number of carbonyl (C=O) groups is 1. The van der Waals surface area contributed by atoms with Crippen molar-refractivity contribution in [3.8, 4) is 0 Å². The fourth-order valence-corrected chi connectivity index (χ4v) is 3.40. The fraction of sp³-hybridized carbons (Fsp3) is 0.526. The molecule has 2 aromatic heterocycles. The molecule has 3 rings (SSSR count). The van der Waals surface area contributed by atoms with E-state index in [9.17, 15) is 4.79 Å².